The summed E-state index contributed by atoms with van der Waals surface area (Å²) in [4.78, 5) is 0. The van der Waals surface area contributed by atoms with Gasteiger partial charge in [-0.1, -0.05) is 26.0 Å². The van der Waals surface area contributed by atoms with Crippen LogP contribution in [0.25, 0.3) is 0 Å². The molecule has 0 saturated carbocycles. The van der Waals surface area contributed by atoms with Crippen LogP contribution in [0.15, 0.2) is 6.20 Å². The van der Waals surface area contributed by atoms with Crippen LogP contribution in [0.5, 0.6) is 0 Å². The predicted molar refractivity (Wildman–Crippen MR) is 54.6 cm³/mol. The molecule has 1 saturated heterocycles. The molecule has 1 N–H and O–H groups in total. The zero-order valence-corrected chi connectivity index (χ0v) is 9.34. The fraction of sp³-hybridized carbons (Fsp3) is 0.800. The molecule has 1 aliphatic heterocycles. The summed E-state index contributed by atoms with van der Waals surface area (Å²) in [5.41, 5.74) is 0.921. The van der Waals surface area contributed by atoms with E-state index >= 15 is 0 Å². The first-order valence-corrected chi connectivity index (χ1v) is 5.16. The number of hydrogen-bond donors (Lipinski definition) is 1. The van der Waals surface area contributed by atoms with E-state index in [0.717, 1.165) is 5.69 Å². The Bertz CT molecular complexity index is 343. The maximum Gasteiger partial charge on any atom is 0.105 e. The van der Waals surface area contributed by atoms with Crippen molar-refractivity contribution in [1.29, 1.82) is 0 Å². The van der Waals surface area contributed by atoms with Gasteiger partial charge in [0.05, 0.1) is 18.9 Å². The zero-order valence-electron chi connectivity index (χ0n) is 9.34. The average molecular weight is 211 g/mol. The summed E-state index contributed by atoms with van der Waals surface area (Å²) in [6, 6.07) is -0.0893. The van der Waals surface area contributed by atoms with Crippen molar-refractivity contribution >= 4 is 0 Å². The third-order valence-corrected chi connectivity index (χ3v) is 2.64. The molecule has 0 bridgehead atoms. The van der Waals surface area contributed by atoms with Gasteiger partial charge < -0.3 is 9.84 Å². The van der Waals surface area contributed by atoms with E-state index in [1.807, 2.05) is 6.20 Å². The number of ether oxygens (including phenoxy) is 1. The van der Waals surface area contributed by atoms with Crippen molar-refractivity contribution in [3.05, 3.63) is 11.9 Å². The molecule has 2 rings (SSSR count). The van der Waals surface area contributed by atoms with Crippen LogP contribution in [0.1, 0.15) is 32.5 Å². The number of hydrogen-bond acceptors (Lipinski definition) is 4. The van der Waals surface area contributed by atoms with E-state index in [1.165, 1.54) is 0 Å². The maximum absolute atomic E-state index is 9.64. The van der Waals surface area contributed by atoms with Gasteiger partial charge in [0.25, 0.3) is 0 Å². The minimum atomic E-state index is -0.473. The van der Waals surface area contributed by atoms with Gasteiger partial charge in [0, 0.05) is 11.6 Å². The van der Waals surface area contributed by atoms with Gasteiger partial charge in [-0.3, -0.25) is 0 Å². The second kappa shape index (κ2) is 3.57. The van der Waals surface area contributed by atoms with Crippen LogP contribution in [-0.2, 0) is 10.2 Å². The fourth-order valence-electron chi connectivity index (χ4n) is 1.57. The Labute approximate surface area is 89.0 Å². The number of aliphatic hydroxyl groups excluding tert-OH is 1. The summed E-state index contributed by atoms with van der Waals surface area (Å²) in [6.45, 7) is 7.15. The maximum atomic E-state index is 9.64. The van der Waals surface area contributed by atoms with E-state index in [2.05, 4.69) is 31.1 Å². The van der Waals surface area contributed by atoms with Crippen molar-refractivity contribution in [3.63, 3.8) is 0 Å². The molecule has 84 valence electrons. The van der Waals surface area contributed by atoms with Crippen molar-refractivity contribution in [2.45, 2.75) is 38.3 Å². The predicted octanol–water partition coefficient (Wildman–Crippen LogP) is 0.508. The third-order valence-electron chi connectivity index (χ3n) is 2.64. The summed E-state index contributed by atoms with van der Waals surface area (Å²) in [7, 11) is 0. The molecule has 2 atom stereocenters. The molecule has 1 fully saturated rings. The molecular weight excluding hydrogens is 194 g/mol. The highest BCUT2D eigenvalue weighted by molar-refractivity contribution is 5.07. The first kappa shape index (κ1) is 10.6. The highest BCUT2D eigenvalue weighted by Gasteiger charge is 2.30. The summed E-state index contributed by atoms with van der Waals surface area (Å²) in [5, 5.41) is 17.8. The Hall–Kier alpha value is -0.940. The quantitative estimate of drug-likeness (QED) is 0.735. The largest absolute Gasteiger partial charge is 0.388 e. The van der Waals surface area contributed by atoms with Crippen LogP contribution in [0.3, 0.4) is 0 Å². The van der Waals surface area contributed by atoms with Gasteiger partial charge in [0.1, 0.15) is 12.1 Å². The summed E-state index contributed by atoms with van der Waals surface area (Å²) >= 11 is 0. The molecular formula is C10H17N3O2. The van der Waals surface area contributed by atoms with E-state index in [4.69, 9.17) is 4.74 Å². The van der Waals surface area contributed by atoms with Gasteiger partial charge in [0.15, 0.2) is 0 Å². The van der Waals surface area contributed by atoms with Gasteiger partial charge >= 0.3 is 0 Å². The van der Waals surface area contributed by atoms with Crippen LogP contribution < -0.4 is 0 Å². The minimum Gasteiger partial charge on any atom is -0.388 e. The highest BCUT2D eigenvalue weighted by atomic mass is 16.5. The van der Waals surface area contributed by atoms with Gasteiger partial charge in [-0.2, -0.15) is 0 Å². The molecule has 0 spiro atoms. The lowest BCUT2D eigenvalue weighted by Gasteiger charge is -2.14. The second-order valence-electron chi connectivity index (χ2n) is 5.01. The van der Waals surface area contributed by atoms with Crippen LogP contribution in [-0.4, -0.2) is 39.4 Å². The summed E-state index contributed by atoms with van der Waals surface area (Å²) < 4.78 is 6.89. The first-order valence-electron chi connectivity index (χ1n) is 5.16. The second-order valence-corrected chi connectivity index (χ2v) is 5.01. The Morgan fingerprint density at radius 3 is 2.67 bits per heavy atom. The van der Waals surface area contributed by atoms with Gasteiger partial charge in [-0.05, 0) is 0 Å². The van der Waals surface area contributed by atoms with E-state index in [-0.39, 0.29) is 11.5 Å². The van der Waals surface area contributed by atoms with Gasteiger partial charge in [-0.25, -0.2) is 4.68 Å². The minimum absolute atomic E-state index is 0.0112. The Kier molecular flexibility index (Phi) is 2.52. The van der Waals surface area contributed by atoms with E-state index in [1.54, 1.807) is 4.68 Å². The smallest absolute Gasteiger partial charge is 0.105 e. The standard InChI is InChI=1S/C10H17N3O2/c1-10(2,3)9-4-13(12-11-9)7-5-15-6-8(7)14/h4,7-8,14H,5-6H2,1-3H3/t7-,8-/m1/s1. The summed E-state index contributed by atoms with van der Waals surface area (Å²) in [6.07, 6.45) is 1.42. The summed E-state index contributed by atoms with van der Waals surface area (Å²) in [5.74, 6) is 0. The number of rotatable bonds is 1. The number of aromatic nitrogens is 3. The number of nitrogens with zero attached hydrogens (tertiary/aromatic N) is 3. The van der Waals surface area contributed by atoms with Crippen LogP contribution in [0, 0.1) is 0 Å². The van der Waals surface area contributed by atoms with Crippen LogP contribution >= 0.6 is 0 Å². The molecule has 0 amide bonds. The topological polar surface area (TPSA) is 60.2 Å². The van der Waals surface area contributed by atoms with Gasteiger partial charge in [0.2, 0.25) is 0 Å². The number of aliphatic hydroxyl groups is 1. The first-order chi connectivity index (χ1) is 6.98. The van der Waals surface area contributed by atoms with Crippen molar-refractivity contribution < 1.29 is 9.84 Å². The highest BCUT2D eigenvalue weighted by Crippen LogP contribution is 2.23. The SMILES string of the molecule is CC(C)(C)c1cn([C@@H]2COC[C@H]2O)nn1. The zero-order chi connectivity index (χ0) is 11.1. The lowest BCUT2D eigenvalue weighted by Crippen LogP contribution is -2.22. The third kappa shape index (κ3) is 2.03. The van der Waals surface area contributed by atoms with Crippen LogP contribution in [0.4, 0.5) is 0 Å². The average Bonchev–Trinajstić information content (AvgIpc) is 2.69. The molecule has 5 nitrogen and oxygen atoms in total. The lowest BCUT2D eigenvalue weighted by atomic mass is 9.93. The van der Waals surface area contributed by atoms with Crippen molar-refractivity contribution in [2.24, 2.45) is 0 Å². The molecule has 0 radical (unpaired) electrons. The molecule has 0 aromatic carbocycles. The Balaban J connectivity index is 2.20. The van der Waals surface area contributed by atoms with E-state index in [0.29, 0.717) is 13.2 Å². The van der Waals surface area contributed by atoms with E-state index in [9.17, 15) is 5.11 Å². The monoisotopic (exact) mass is 211 g/mol. The molecule has 1 aromatic heterocycles. The molecule has 15 heavy (non-hydrogen) atoms. The Morgan fingerprint density at radius 2 is 2.20 bits per heavy atom. The molecule has 1 aliphatic rings. The van der Waals surface area contributed by atoms with Crippen molar-refractivity contribution in [3.8, 4) is 0 Å². The Morgan fingerprint density at radius 1 is 1.47 bits per heavy atom. The van der Waals surface area contributed by atoms with Crippen LogP contribution in [0.2, 0.25) is 0 Å². The van der Waals surface area contributed by atoms with Gasteiger partial charge in [-0.15, -0.1) is 5.10 Å². The lowest BCUT2D eigenvalue weighted by molar-refractivity contribution is 0.117. The molecule has 5 heteroatoms. The normalized spacial score (nSPS) is 27.2. The molecule has 0 aliphatic carbocycles. The fourth-order valence-corrected chi connectivity index (χ4v) is 1.57. The van der Waals surface area contributed by atoms with E-state index < -0.39 is 6.10 Å². The van der Waals surface area contributed by atoms with Crippen molar-refractivity contribution in [2.75, 3.05) is 13.2 Å². The van der Waals surface area contributed by atoms with Crippen molar-refractivity contribution in [1.82, 2.24) is 15.0 Å². The molecule has 2 heterocycles. The molecule has 0 unspecified atom stereocenters. The molecule has 1 aromatic rings.